The van der Waals surface area contributed by atoms with Gasteiger partial charge in [0.1, 0.15) is 11.7 Å². The van der Waals surface area contributed by atoms with Crippen molar-refractivity contribution in [3.63, 3.8) is 0 Å². The fourth-order valence-corrected chi connectivity index (χ4v) is 1.86. The molecule has 0 aliphatic heterocycles. The van der Waals surface area contributed by atoms with Crippen molar-refractivity contribution in [3.05, 3.63) is 48.2 Å². The Morgan fingerprint density at radius 1 is 1.23 bits per heavy atom. The lowest BCUT2D eigenvalue weighted by Crippen LogP contribution is -2.27. The van der Waals surface area contributed by atoms with Crippen LogP contribution in [0.2, 0.25) is 0 Å². The van der Waals surface area contributed by atoms with Crippen molar-refractivity contribution in [2.24, 2.45) is 0 Å². The second kappa shape index (κ2) is 6.27. The third-order valence-electron chi connectivity index (χ3n) is 2.73. The van der Waals surface area contributed by atoms with Gasteiger partial charge in [0, 0.05) is 17.4 Å². The zero-order valence-corrected chi connectivity index (χ0v) is 12.8. The molecular weight excluding hydrogens is 278 g/mol. The molecule has 0 fully saturated rings. The first kappa shape index (κ1) is 15.5. The molecule has 2 aromatic rings. The number of amides is 1. The van der Waals surface area contributed by atoms with Crippen LogP contribution in [0, 0.1) is 11.3 Å². The van der Waals surface area contributed by atoms with Gasteiger partial charge in [0.15, 0.2) is 0 Å². The Bertz CT molecular complexity index is 710. The number of rotatable bonds is 2. The van der Waals surface area contributed by atoms with Crippen LogP contribution in [0.25, 0.3) is 11.3 Å². The zero-order chi connectivity index (χ0) is 16.2. The summed E-state index contributed by atoms with van der Waals surface area (Å²) in [5.74, 6) is 0. The van der Waals surface area contributed by atoms with Crippen LogP contribution < -0.4 is 5.32 Å². The number of benzene rings is 1. The highest BCUT2D eigenvalue weighted by atomic mass is 16.6. The van der Waals surface area contributed by atoms with Crippen LogP contribution in [-0.4, -0.2) is 16.7 Å². The van der Waals surface area contributed by atoms with Gasteiger partial charge in [-0.05, 0) is 45.0 Å². The Morgan fingerprint density at radius 3 is 2.50 bits per heavy atom. The summed E-state index contributed by atoms with van der Waals surface area (Å²) in [6.45, 7) is 5.42. The number of nitrogens with one attached hydrogen (secondary N) is 1. The average molecular weight is 295 g/mol. The van der Waals surface area contributed by atoms with Crippen LogP contribution in [0.15, 0.2) is 42.6 Å². The minimum atomic E-state index is -0.542. The van der Waals surface area contributed by atoms with Crippen molar-refractivity contribution in [3.8, 4) is 17.3 Å². The third-order valence-corrected chi connectivity index (χ3v) is 2.73. The molecule has 0 bridgehead atoms. The zero-order valence-electron chi connectivity index (χ0n) is 12.8. The molecule has 22 heavy (non-hydrogen) atoms. The van der Waals surface area contributed by atoms with E-state index in [9.17, 15) is 4.79 Å². The van der Waals surface area contributed by atoms with Crippen LogP contribution in [0.5, 0.6) is 0 Å². The Labute approximate surface area is 129 Å². The largest absolute Gasteiger partial charge is 0.444 e. The highest BCUT2D eigenvalue weighted by Gasteiger charge is 2.16. The predicted octanol–water partition coefficient (Wildman–Crippen LogP) is 3.97. The van der Waals surface area contributed by atoms with E-state index in [1.165, 1.54) is 0 Å². The SMILES string of the molecule is CC(C)(C)OC(=O)Nc1ccc(-c2ncccc2C#N)cc1. The summed E-state index contributed by atoms with van der Waals surface area (Å²) < 4.78 is 5.19. The molecule has 112 valence electrons. The summed E-state index contributed by atoms with van der Waals surface area (Å²) in [6, 6.07) is 12.6. The second-order valence-electron chi connectivity index (χ2n) is 5.72. The smallest absolute Gasteiger partial charge is 0.412 e. The van der Waals surface area contributed by atoms with Gasteiger partial charge < -0.3 is 4.74 Å². The van der Waals surface area contributed by atoms with Gasteiger partial charge in [-0.25, -0.2) is 4.79 Å². The molecule has 1 N–H and O–H groups in total. The summed E-state index contributed by atoms with van der Waals surface area (Å²) in [7, 11) is 0. The molecule has 1 amide bonds. The summed E-state index contributed by atoms with van der Waals surface area (Å²) in [6.07, 6.45) is 1.14. The maximum atomic E-state index is 11.7. The van der Waals surface area contributed by atoms with Gasteiger partial charge in [0.2, 0.25) is 0 Å². The van der Waals surface area contributed by atoms with Crippen LogP contribution in [-0.2, 0) is 4.74 Å². The van der Waals surface area contributed by atoms with Gasteiger partial charge in [-0.15, -0.1) is 0 Å². The Kier molecular flexibility index (Phi) is 4.42. The first-order valence-corrected chi connectivity index (χ1v) is 6.84. The van der Waals surface area contributed by atoms with Crippen molar-refractivity contribution in [1.82, 2.24) is 4.98 Å². The molecule has 0 spiro atoms. The number of hydrogen-bond acceptors (Lipinski definition) is 4. The highest BCUT2D eigenvalue weighted by Crippen LogP contribution is 2.22. The molecule has 5 nitrogen and oxygen atoms in total. The number of ether oxygens (including phenoxy) is 1. The van der Waals surface area contributed by atoms with Crippen LogP contribution in [0.4, 0.5) is 10.5 Å². The normalized spacial score (nSPS) is 10.6. The van der Waals surface area contributed by atoms with Crippen LogP contribution >= 0.6 is 0 Å². The number of carbonyl (C=O) groups is 1. The standard InChI is InChI=1S/C17H17N3O2/c1-17(2,3)22-16(21)20-14-8-6-12(7-9-14)15-13(11-18)5-4-10-19-15/h4-10H,1-3H3,(H,20,21). The van der Waals surface area contributed by atoms with Crippen molar-refractivity contribution in [2.75, 3.05) is 5.32 Å². The van der Waals surface area contributed by atoms with E-state index in [1.54, 1.807) is 63.4 Å². The molecule has 5 heteroatoms. The molecule has 2 rings (SSSR count). The van der Waals surface area contributed by atoms with Gasteiger partial charge in [0.25, 0.3) is 0 Å². The number of hydrogen-bond donors (Lipinski definition) is 1. The fourth-order valence-electron chi connectivity index (χ4n) is 1.86. The predicted molar refractivity (Wildman–Crippen MR) is 84.2 cm³/mol. The van der Waals surface area contributed by atoms with Crippen molar-refractivity contribution < 1.29 is 9.53 Å². The van der Waals surface area contributed by atoms with Gasteiger partial charge in [-0.1, -0.05) is 12.1 Å². The molecule has 0 unspecified atom stereocenters. The number of nitriles is 1. The Morgan fingerprint density at radius 2 is 1.91 bits per heavy atom. The first-order valence-electron chi connectivity index (χ1n) is 6.84. The van der Waals surface area contributed by atoms with E-state index in [0.717, 1.165) is 5.56 Å². The lowest BCUT2D eigenvalue weighted by atomic mass is 10.1. The Hall–Kier alpha value is -2.87. The van der Waals surface area contributed by atoms with Gasteiger partial charge in [0.05, 0.1) is 11.3 Å². The molecule has 0 saturated carbocycles. The van der Waals surface area contributed by atoms with E-state index < -0.39 is 11.7 Å². The van der Waals surface area contributed by atoms with Crippen LogP contribution in [0.1, 0.15) is 26.3 Å². The average Bonchev–Trinajstić information content (AvgIpc) is 2.46. The van der Waals surface area contributed by atoms with Crippen molar-refractivity contribution in [2.45, 2.75) is 26.4 Å². The summed E-state index contributed by atoms with van der Waals surface area (Å²) in [5.41, 5.74) is 2.02. The van der Waals surface area contributed by atoms with E-state index in [1.807, 2.05) is 0 Å². The lowest BCUT2D eigenvalue weighted by molar-refractivity contribution is 0.0636. The minimum absolute atomic E-state index is 0.504. The van der Waals surface area contributed by atoms with Crippen molar-refractivity contribution >= 4 is 11.8 Å². The molecule has 1 aromatic carbocycles. The molecule has 0 atom stereocenters. The highest BCUT2D eigenvalue weighted by molar-refractivity contribution is 5.85. The number of nitrogens with zero attached hydrogens (tertiary/aromatic N) is 2. The molecule has 0 saturated heterocycles. The molecule has 0 radical (unpaired) electrons. The van der Waals surface area contributed by atoms with E-state index in [-0.39, 0.29) is 0 Å². The quantitative estimate of drug-likeness (QED) is 0.909. The summed E-state index contributed by atoms with van der Waals surface area (Å²) in [5, 5.41) is 11.8. The van der Waals surface area contributed by atoms with Crippen LogP contribution in [0.3, 0.4) is 0 Å². The van der Waals surface area contributed by atoms with E-state index in [0.29, 0.717) is 16.9 Å². The Balaban J connectivity index is 2.14. The molecule has 0 aliphatic rings. The second-order valence-corrected chi connectivity index (χ2v) is 5.72. The molecular formula is C17H17N3O2. The number of anilines is 1. The van der Waals surface area contributed by atoms with Gasteiger partial charge >= 0.3 is 6.09 Å². The van der Waals surface area contributed by atoms with E-state index >= 15 is 0 Å². The third kappa shape index (κ3) is 4.06. The fraction of sp³-hybridized carbons (Fsp3) is 0.235. The van der Waals surface area contributed by atoms with Crippen molar-refractivity contribution in [1.29, 1.82) is 5.26 Å². The topological polar surface area (TPSA) is 75.0 Å². The number of aromatic nitrogens is 1. The van der Waals surface area contributed by atoms with E-state index in [2.05, 4.69) is 16.4 Å². The lowest BCUT2D eigenvalue weighted by Gasteiger charge is -2.19. The summed E-state index contributed by atoms with van der Waals surface area (Å²) >= 11 is 0. The summed E-state index contributed by atoms with van der Waals surface area (Å²) in [4.78, 5) is 15.9. The molecule has 0 aliphatic carbocycles. The molecule has 1 aromatic heterocycles. The maximum absolute atomic E-state index is 11.7. The number of carbonyl (C=O) groups excluding carboxylic acids is 1. The van der Waals surface area contributed by atoms with Gasteiger partial charge in [-0.2, -0.15) is 5.26 Å². The molecule has 1 heterocycles. The monoisotopic (exact) mass is 295 g/mol. The van der Waals surface area contributed by atoms with E-state index in [4.69, 9.17) is 10.00 Å². The number of pyridine rings is 1. The maximum Gasteiger partial charge on any atom is 0.412 e. The minimum Gasteiger partial charge on any atom is -0.444 e. The first-order chi connectivity index (χ1) is 10.4. The van der Waals surface area contributed by atoms with Gasteiger partial charge in [-0.3, -0.25) is 10.3 Å².